The Balaban J connectivity index is 1.82. The van der Waals surface area contributed by atoms with E-state index in [-0.39, 0.29) is 12.6 Å². The van der Waals surface area contributed by atoms with Crippen LogP contribution in [0.3, 0.4) is 0 Å². The molecule has 0 fully saturated rings. The number of hydrogen-bond acceptors (Lipinski definition) is 3. The molecule has 0 aliphatic carbocycles. The topological polar surface area (TPSA) is 52.3 Å². The normalized spacial score (nSPS) is 10.4. The molecule has 110 valence electrons. The third-order valence-corrected chi connectivity index (χ3v) is 3.56. The maximum absolute atomic E-state index is 11.7. The molecule has 3 nitrogen and oxygen atoms in total. The van der Waals surface area contributed by atoms with Crippen LogP contribution in [0.15, 0.2) is 42.5 Å². The Hall–Kier alpha value is -1.71. The summed E-state index contributed by atoms with van der Waals surface area (Å²) >= 11 is 11.8. The summed E-state index contributed by atoms with van der Waals surface area (Å²) in [6.07, 6.45) is 0.896. The van der Waals surface area contributed by atoms with E-state index in [0.29, 0.717) is 28.6 Å². The lowest BCUT2D eigenvalue weighted by atomic mass is 10.1. The van der Waals surface area contributed by atoms with Gasteiger partial charge < -0.3 is 10.5 Å². The maximum atomic E-state index is 11.7. The SMILES string of the molecule is Nc1cccc(CCC(=O)OCc2ccc(Cl)cc2Cl)c1. The van der Waals surface area contributed by atoms with Crippen molar-refractivity contribution in [2.24, 2.45) is 0 Å². The summed E-state index contributed by atoms with van der Waals surface area (Å²) in [6, 6.07) is 12.5. The fourth-order valence-corrected chi connectivity index (χ4v) is 2.33. The number of rotatable bonds is 5. The summed E-state index contributed by atoms with van der Waals surface area (Å²) in [5.41, 5.74) is 8.12. The number of hydrogen-bond donors (Lipinski definition) is 1. The van der Waals surface area contributed by atoms with Gasteiger partial charge in [-0.1, -0.05) is 41.4 Å². The standard InChI is InChI=1S/C16H15Cl2NO2/c17-13-6-5-12(15(18)9-13)10-21-16(20)7-4-11-2-1-3-14(19)8-11/h1-3,5-6,8-9H,4,7,10,19H2. The maximum Gasteiger partial charge on any atom is 0.306 e. The Morgan fingerprint density at radius 2 is 1.95 bits per heavy atom. The van der Waals surface area contributed by atoms with Gasteiger partial charge in [0.2, 0.25) is 0 Å². The summed E-state index contributed by atoms with van der Waals surface area (Å²) in [7, 11) is 0. The lowest BCUT2D eigenvalue weighted by Gasteiger charge is -2.07. The number of carbonyl (C=O) groups excluding carboxylic acids is 1. The molecule has 0 saturated carbocycles. The van der Waals surface area contributed by atoms with Crippen molar-refractivity contribution in [1.82, 2.24) is 0 Å². The fraction of sp³-hybridized carbons (Fsp3) is 0.188. The fourth-order valence-electron chi connectivity index (χ4n) is 1.86. The van der Waals surface area contributed by atoms with E-state index in [4.69, 9.17) is 33.7 Å². The van der Waals surface area contributed by atoms with Gasteiger partial charge in [0.05, 0.1) is 0 Å². The van der Waals surface area contributed by atoms with Gasteiger partial charge in [-0.15, -0.1) is 0 Å². The van der Waals surface area contributed by atoms with Crippen molar-refractivity contribution >= 4 is 34.9 Å². The number of benzene rings is 2. The van der Waals surface area contributed by atoms with Crippen molar-refractivity contribution in [2.45, 2.75) is 19.4 Å². The monoisotopic (exact) mass is 323 g/mol. The molecule has 21 heavy (non-hydrogen) atoms. The number of carbonyl (C=O) groups is 1. The van der Waals surface area contributed by atoms with Crippen LogP contribution >= 0.6 is 23.2 Å². The van der Waals surface area contributed by atoms with Gasteiger partial charge in [-0.2, -0.15) is 0 Å². The van der Waals surface area contributed by atoms with Crippen molar-refractivity contribution in [3.8, 4) is 0 Å². The van der Waals surface area contributed by atoms with Gasteiger partial charge in [0.15, 0.2) is 0 Å². The highest BCUT2D eigenvalue weighted by molar-refractivity contribution is 6.35. The van der Waals surface area contributed by atoms with Crippen LogP contribution in [0.1, 0.15) is 17.5 Å². The number of anilines is 1. The minimum atomic E-state index is -0.275. The molecule has 2 rings (SSSR count). The molecule has 0 unspecified atom stereocenters. The van der Waals surface area contributed by atoms with E-state index in [1.54, 1.807) is 18.2 Å². The highest BCUT2D eigenvalue weighted by atomic mass is 35.5. The van der Waals surface area contributed by atoms with Crippen LogP contribution in [0.25, 0.3) is 0 Å². The first-order valence-electron chi connectivity index (χ1n) is 6.48. The van der Waals surface area contributed by atoms with Gasteiger partial charge in [-0.05, 0) is 36.2 Å². The second kappa shape index (κ2) is 7.34. The second-order valence-corrected chi connectivity index (χ2v) is 5.49. The molecule has 5 heteroatoms. The molecule has 0 atom stereocenters. The zero-order valence-corrected chi connectivity index (χ0v) is 12.8. The molecule has 2 aromatic carbocycles. The molecule has 0 radical (unpaired) electrons. The molecular weight excluding hydrogens is 309 g/mol. The van der Waals surface area contributed by atoms with Crippen LogP contribution in [-0.4, -0.2) is 5.97 Å². The Labute approximate surface area is 133 Å². The molecule has 0 amide bonds. The molecule has 0 spiro atoms. The molecule has 0 aromatic heterocycles. The lowest BCUT2D eigenvalue weighted by molar-refractivity contribution is -0.144. The Morgan fingerprint density at radius 3 is 2.67 bits per heavy atom. The first-order valence-corrected chi connectivity index (χ1v) is 7.24. The number of nitrogens with two attached hydrogens (primary N) is 1. The predicted octanol–water partition coefficient (Wildman–Crippen LogP) is 4.25. The quantitative estimate of drug-likeness (QED) is 0.661. The molecule has 0 saturated heterocycles. The largest absolute Gasteiger partial charge is 0.461 e. The van der Waals surface area contributed by atoms with Crippen LogP contribution < -0.4 is 5.73 Å². The van der Waals surface area contributed by atoms with Crippen LogP contribution in [-0.2, 0) is 22.6 Å². The van der Waals surface area contributed by atoms with Crippen LogP contribution in [0.4, 0.5) is 5.69 Å². The molecule has 2 aromatic rings. The van der Waals surface area contributed by atoms with Gasteiger partial charge in [-0.3, -0.25) is 4.79 Å². The summed E-state index contributed by atoms with van der Waals surface area (Å²) < 4.78 is 5.20. The minimum Gasteiger partial charge on any atom is -0.461 e. The zero-order valence-electron chi connectivity index (χ0n) is 11.3. The lowest BCUT2D eigenvalue weighted by Crippen LogP contribution is -2.06. The third kappa shape index (κ3) is 4.96. The molecular formula is C16H15Cl2NO2. The predicted molar refractivity (Wildman–Crippen MR) is 85.4 cm³/mol. The smallest absolute Gasteiger partial charge is 0.306 e. The molecule has 0 aliphatic rings. The number of nitrogen functional groups attached to an aromatic ring is 1. The molecule has 2 N–H and O–H groups in total. The van der Waals surface area contributed by atoms with E-state index in [0.717, 1.165) is 11.1 Å². The number of ether oxygens (including phenoxy) is 1. The average molecular weight is 324 g/mol. The van der Waals surface area contributed by atoms with Crippen LogP contribution in [0, 0.1) is 0 Å². The average Bonchev–Trinajstić information content (AvgIpc) is 2.44. The summed E-state index contributed by atoms with van der Waals surface area (Å²) in [4.78, 5) is 11.7. The van der Waals surface area contributed by atoms with Crippen LogP contribution in [0.5, 0.6) is 0 Å². The second-order valence-electron chi connectivity index (χ2n) is 4.64. The van der Waals surface area contributed by atoms with Crippen molar-refractivity contribution in [1.29, 1.82) is 0 Å². The Kier molecular flexibility index (Phi) is 5.48. The summed E-state index contributed by atoms with van der Waals surface area (Å²) in [5, 5.41) is 1.04. The van der Waals surface area contributed by atoms with Gasteiger partial charge in [0, 0.05) is 27.7 Å². The third-order valence-electron chi connectivity index (χ3n) is 2.97. The summed E-state index contributed by atoms with van der Waals surface area (Å²) in [5.74, 6) is -0.275. The highest BCUT2D eigenvalue weighted by Gasteiger charge is 2.07. The van der Waals surface area contributed by atoms with Gasteiger partial charge in [-0.25, -0.2) is 0 Å². The van der Waals surface area contributed by atoms with E-state index in [2.05, 4.69) is 0 Å². The number of aryl methyl sites for hydroxylation is 1. The van der Waals surface area contributed by atoms with Crippen LogP contribution in [0.2, 0.25) is 10.0 Å². The van der Waals surface area contributed by atoms with E-state index in [1.807, 2.05) is 24.3 Å². The molecule has 0 bridgehead atoms. The van der Waals surface area contributed by atoms with E-state index in [9.17, 15) is 4.79 Å². The van der Waals surface area contributed by atoms with Gasteiger partial charge >= 0.3 is 5.97 Å². The molecule has 0 aliphatic heterocycles. The van der Waals surface area contributed by atoms with E-state index in [1.165, 1.54) is 0 Å². The van der Waals surface area contributed by atoms with Crippen molar-refractivity contribution in [3.05, 3.63) is 63.6 Å². The Morgan fingerprint density at radius 1 is 1.14 bits per heavy atom. The molecule has 0 heterocycles. The zero-order chi connectivity index (χ0) is 15.2. The highest BCUT2D eigenvalue weighted by Crippen LogP contribution is 2.21. The minimum absolute atomic E-state index is 0.145. The Bertz CT molecular complexity index is 644. The van der Waals surface area contributed by atoms with Crippen molar-refractivity contribution in [3.63, 3.8) is 0 Å². The van der Waals surface area contributed by atoms with E-state index >= 15 is 0 Å². The first-order chi connectivity index (χ1) is 10.0. The van der Waals surface area contributed by atoms with Gasteiger partial charge in [0.1, 0.15) is 6.61 Å². The van der Waals surface area contributed by atoms with Crippen molar-refractivity contribution in [2.75, 3.05) is 5.73 Å². The summed E-state index contributed by atoms with van der Waals surface area (Å²) in [6.45, 7) is 0.145. The number of halogens is 2. The first kappa shape index (κ1) is 15.7. The van der Waals surface area contributed by atoms with Gasteiger partial charge in [0.25, 0.3) is 0 Å². The van der Waals surface area contributed by atoms with Crippen molar-refractivity contribution < 1.29 is 9.53 Å². The van der Waals surface area contributed by atoms with E-state index < -0.39 is 0 Å². The number of esters is 1.